The van der Waals surface area contributed by atoms with E-state index in [4.69, 9.17) is 9.97 Å². The Bertz CT molecular complexity index is 1090. The number of anilines is 1. The van der Waals surface area contributed by atoms with Crippen LogP contribution in [0.5, 0.6) is 0 Å². The van der Waals surface area contributed by atoms with Crippen LogP contribution in [0.2, 0.25) is 0 Å². The van der Waals surface area contributed by atoms with E-state index >= 15 is 0 Å². The van der Waals surface area contributed by atoms with Gasteiger partial charge >= 0.3 is 0 Å². The molecule has 5 rings (SSSR count). The second kappa shape index (κ2) is 8.30. The Balaban J connectivity index is 1.52. The molecule has 6 nitrogen and oxygen atoms in total. The summed E-state index contributed by atoms with van der Waals surface area (Å²) in [4.78, 5) is 17.4. The average molecular weight is 401 g/mol. The van der Waals surface area contributed by atoms with Crippen molar-refractivity contribution in [2.75, 3.05) is 5.32 Å². The summed E-state index contributed by atoms with van der Waals surface area (Å²) in [6, 6.07) is 12.7. The highest BCUT2D eigenvalue weighted by molar-refractivity contribution is 5.89. The molecule has 1 fully saturated rings. The summed E-state index contributed by atoms with van der Waals surface area (Å²) in [7, 11) is 0. The molecule has 1 aliphatic carbocycles. The molecule has 0 spiro atoms. The lowest BCUT2D eigenvalue weighted by atomic mass is 9.84. The Hall–Kier alpha value is -3.15. The van der Waals surface area contributed by atoms with Crippen molar-refractivity contribution in [3.8, 4) is 11.4 Å². The van der Waals surface area contributed by atoms with Gasteiger partial charge in [-0.3, -0.25) is 0 Å². The van der Waals surface area contributed by atoms with Crippen molar-refractivity contribution in [2.24, 2.45) is 5.92 Å². The van der Waals surface area contributed by atoms with E-state index in [2.05, 4.69) is 40.4 Å². The monoisotopic (exact) mass is 400 g/mol. The molecule has 2 N–H and O–H groups in total. The minimum Gasteiger partial charge on any atom is -0.367 e. The number of H-pyrrole nitrogens is 1. The maximum atomic E-state index is 4.95. The number of nitrogens with zero attached hydrogens (tertiary/aromatic N) is 4. The minimum atomic E-state index is 0.388. The number of benzene rings is 1. The molecule has 3 heterocycles. The molecule has 0 aliphatic heterocycles. The molecule has 1 saturated carbocycles. The molecule has 30 heavy (non-hydrogen) atoms. The zero-order valence-corrected chi connectivity index (χ0v) is 17.4. The molecule has 0 bridgehead atoms. The molecule has 1 aromatic carbocycles. The average Bonchev–Trinajstić information content (AvgIpc) is 3.45. The second-order valence-corrected chi connectivity index (χ2v) is 8.38. The second-order valence-electron chi connectivity index (χ2n) is 8.38. The van der Waals surface area contributed by atoms with E-state index in [0.717, 1.165) is 40.5 Å². The maximum absolute atomic E-state index is 4.95. The van der Waals surface area contributed by atoms with Crippen molar-refractivity contribution in [3.63, 3.8) is 0 Å². The first kappa shape index (κ1) is 18.9. The fourth-order valence-corrected chi connectivity index (χ4v) is 4.52. The molecule has 3 aromatic heterocycles. The molecule has 6 heteroatoms. The number of imidazole rings is 1. The topological polar surface area (TPSA) is 71.4 Å². The summed E-state index contributed by atoms with van der Waals surface area (Å²) in [6.45, 7) is 3.03. The molecular weight excluding hydrogens is 372 g/mol. The van der Waals surface area contributed by atoms with Crippen molar-refractivity contribution in [1.82, 2.24) is 24.5 Å². The SMILES string of the molecule is C[C@H](Nc1nc(-c2ccccc2)nc2[nH]c(Cn3ccnc3)cc12)C1CCCCC1. The van der Waals surface area contributed by atoms with E-state index in [-0.39, 0.29) is 0 Å². The third-order valence-corrected chi connectivity index (χ3v) is 6.21. The van der Waals surface area contributed by atoms with Crippen LogP contribution in [0.1, 0.15) is 44.7 Å². The van der Waals surface area contributed by atoms with Crippen molar-refractivity contribution in [2.45, 2.75) is 51.6 Å². The lowest BCUT2D eigenvalue weighted by Gasteiger charge is -2.28. The predicted octanol–water partition coefficient (Wildman–Crippen LogP) is 5.25. The normalized spacial score (nSPS) is 16.0. The van der Waals surface area contributed by atoms with Crippen LogP contribution >= 0.6 is 0 Å². The van der Waals surface area contributed by atoms with Crippen molar-refractivity contribution in [3.05, 3.63) is 60.8 Å². The number of fused-ring (bicyclic) bond motifs is 1. The van der Waals surface area contributed by atoms with Gasteiger partial charge in [0, 0.05) is 29.7 Å². The summed E-state index contributed by atoms with van der Waals surface area (Å²) in [6.07, 6.45) is 12.2. The zero-order valence-electron chi connectivity index (χ0n) is 17.4. The Kier molecular flexibility index (Phi) is 5.22. The van der Waals surface area contributed by atoms with Gasteiger partial charge in [-0.2, -0.15) is 0 Å². The van der Waals surface area contributed by atoms with Crippen LogP contribution in [0.3, 0.4) is 0 Å². The fraction of sp³-hybridized carbons (Fsp3) is 0.375. The van der Waals surface area contributed by atoms with Crippen LogP contribution in [-0.4, -0.2) is 30.5 Å². The van der Waals surface area contributed by atoms with Gasteiger partial charge in [0.2, 0.25) is 0 Å². The molecule has 4 aromatic rings. The minimum absolute atomic E-state index is 0.388. The fourth-order valence-electron chi connectivity index (χ4n) is 4.52. The lowest BCUT2D eigenvalue weighted by Crippen LogP contribution is -2.28. The predicted molar refractivity (Wildman–Crippen MR) is 120 cm³/mol. The summed E-state index contributed by atoms with van der Waals surface area (Å²) >= 11 is 0. The van der Waals surface area contributed by atoms with Gasteiger partial charge in [0.25, 0.3) is 0 Å². The third-order valence-electron chi connectivity index (χ3n) is 6.21. The van der Waals surface area contributed by atoms with Gasteiger partial charge < -0.3 is 14.9 Å². The first-order valence-electron chi connectivity index (χ1n) is 10.9. The van der Waals surface area contributed by atoms with Crippen molar-refractivity contribution < 1.29 is 0 Å². The Morgan fingerprint density at radius 1 is 1.13 bits per heavy atom. The molecular formula is C24H28N6. The Morgan fingerprint density at radius 2 is 1.97 bits per heavy atom. The van der Waals surface area contributed by atoms with Crippen LogP contribution < -0.4 is 5.32 Å². The molecule has 1 aliphatic rings. The molecule has 0 amide bonds. The highest BCUT2D eigenvalue weighted by Gasteiger charge is 2.22. The maximum Gasteiger partial charge on any atom is 0.163 e. The van der Waals surface area contributed by atoms with Gasteiger partial charge in [-0.25, -0.2) is 15.0 Å². The number of hydrogen-bond donors (Lipinski definition) is 2. The van der Waals surface area contributed by atoms with E-state index in [1.54, 1.807) is 6.20 Å². The number of aromatic nitrogens is 5. The Labute approximate surface area is 176 Å². The molecule has 1 atom stereocenters. The number of hydrogen-bond acceptors (Lipinski definition) is 4. The number of nitrogens with one attached hydrogen (secondary N) is 2. The standard InChI is InChI=1S/C24H28N6/c1-17(18-8-4-2-5-9-18)26-23-21-14-20(15-30-13-12-25-16-30)27-24(21)29-22(28-23)19-10-6-3-7-11-19/h3,6-7,10-14,16-18H,2,4-5,8-9,15H2,1H3,(H2,26,27,28,29)/t17-/m0/s1. The van der Waals surface area contributed by atoms with Crippen LogP contribution in [0.4, 0.5) is 5.82 Å². The molecule has 0 radical (unpaired) electrons. The van der Waals surface area contributed by atoms with E-state index in [9.17, 15) is 0 Å². The zero-order chi connectivity index (χ0) is 20.3. The number of rotatable bonds is 6. The highest BCUT2D eigenvalue weighted by Crippen LogP contribution is 2.31. The van der Waals surface area contributed by atoms with Crippen molar-refractivity contribution in [1.29, 1.82) is 0 Å². The largest absolute Gasteiger partial charge is 0.367 e. The summed E-state index contributed by atoms with van der Waals surface area (Å²) in [5.41, 5.74) is 2.99. The highest BCUT2D eigenvalue weighted by atomic mass is 15.1. The van der Waals surface area contributed by atoms with Gasteiger partial charge in [0.05, 0.1) is 18.3 Å². The van der Waals surface area contributed by atoms with Crippen LogP contribution in [-0.2, 0) is 6.54 Å². The smallest absolute Gasteiger partial charge is 0.163 e. The van der Waals surface area contributed by atoms with Gasteiger partial charge in [0.15, 0.2) is 5.82 Å². The van der Waals surface area contributed by atoms with Crippen LogP contribution in [0, 0.1) is 5.92 Å². The van der Waals surface area contributed by atoms with Gasteiger partial charge in [-0.05, 0) is 31.7 Å². The van der Waals surface area contributed by atoms with Crippen LogP contribution in [0.15, 0.2) is 55.1 Å². The first-order valence-corrected chi connectivity index (χ1v) is 10.9. The van der Waals surface area contributed by atoms with Gasteiger partial charge in [-0.15, -0.1) is 0 Å². The summed E-state index contributed by atoms with van der Waals surface area (Å²) in [5, 5.41) is 4.80. The molecule has 0 unspecified atom stereocenters. The third kappa shape index (κ3) is 3.95. The van der Waals surface area contributed by atoms with Gasteiger partial charge in [-0.1, -0.05) is 49.6 Å². The first-order chi connectivity index (χ1) is 14.8. The molecule has 154 valence electrons. The number of aromatic amines is 1. The Morgan fingerprint density at radius 3 is 2.73 bits per heavy atom. The van der Waals surface area contributed by atoms with E-state index in [1.807, 2.05) is 35.3 Å². The van der Waals surface area contributed by atoms with E-state index in [0.29, 0.717) is 12.0 Å². The molecule has 0 saturated heterocycles. The summed E-state index contributed by atoms with van der Waals surface area (Å²) in [5.74, 6) is 2.37. The van der Waals surface area contributed by atoms with E-state index in [1.165, 1.54) is 32.1 Å². The van der Waals surface area contributed by atoms with Crippen LogP contribution in [0.25, 0.3) is 22.4 Å². The quantitative estimate of drug-likeness (QED) is 0.464. The van der Waals surface area contributed by atoms with Crippen molar-refractivity contribution >= 4 is 16.9 Å². The summed E-state index contributed by atoms with van der Waals surface area (Å²) < 4.78 is 2.05. The van der Waals surface area contributed by atoms with E-state index < -0.39 is 0 Å². The van der Waals surface area contributed by atoms with Gasteiger partial charge in [0.1, 0.15) is 11.5 Å². The lowest BCUT2D eigenvalue weighted by molar-refractivity contribution is 0.328.